The molecule has 1 N–H and O–H groups in total. The van der Waals surface area contributed by atoms with Gasteiger partial charge in [-0.2, -0.15) is 0 Å². The average Bonchev–Trinajstić information content (AvgIpc) is 2.88. The maximum Gasteiger partial charge on any atom is 0.327 e. The van der Waals surface area contributed by atoms with Gasteiger partial charge in [0.05, 0.1) is 16.6 Å². The van der Waals surface area contributed by atoms with Gasteiger partial charge in [0.15, 0.2) is 9.84 Å². The summed E-state index contributed by atoms with van der Waals surface area (Å²) in [5.41, 5.74) is 0.491. The molecular weight excluding hydrogens is 456 g/mol. The third-order valence-corrected chi connectivity index (χ3v) is 7.77. The van der Waals surface area contributed by atoms with Crippen molar-refractivity contribution in [2.75, 3.05) is 19.3 Å². The first-order valence-corrected chi connectivity index (χ1v) is 11.8. The Labute approximate surface area is 191 Å². The van der Waals surface area contributed by atoms with Crippen molar-refractivity contribution in [1.29, 1.82) is 0 Å². The molecule has 2 aromatic rings. The Kier molecular flexibility index (Phi) is 6.35. The minimum Gasteiger partial charge on any atom is -0.481 e. The number of carboxylic acid groups (broad SMARTS) is 1. The van der Waals surface area contributed by atoms with Crippen LogP contribution in [0.15, 0.2) is 53.4 Å². The van der Waals surface area contributed by atoms with Crippen LogP contribution in [-0.2, 0) is 19.4 Å². The van der Waals surface area contributed by atoms with Gasteiger partial charge in [-0.05, 0) is 49.2 Å². The molecule has 3 amide bonds. The normalized spacial score (nSPS) is 17.0. The molecule has 0 bridgehead atoms. The van der Waals surface area contributed by atoms with Crippen molar-refractivity contribution < 1.29 is 27.9 Å². The highest BCUT2D eigenvalue weighted by Gasteiger charge is 2.50. The Balaban J connectivity index is 1.80. The fraction of sp³-hybridized carbons (Fsp3) is 0.318. The van der Waals surface area contributed by atoms with Gasteiger partial charge in [0.2, 0.25) is 0 Å². The zero-order chi connectivity index (χ0) is 23.8. The number of imide groups is 1. The molecule has 0 aromatic heterocycles. The number of aliphatic carboxylic acids is 1. The van der Waals surface area contributed by atoms with Gasteiger partial charge in [0.25, 0.3) is 5.91 Å². The lowest BCUT2D eigenvalue weighted by Gasteiger charge is -2.22. The molecule has 1 aliphatic rings. The van der Waals surface area contributed by atoms with Gasteiger partial charge in [-0.15, -0.1) is 0 Å². The van der Waals surface area contributed by atoms with Crippen molar-refractivity contribution in [3.8, 4) is 11.1 Å². The van der Waals surface area contributed by atoms with E-state index in [1.165, 1.54) is 24.1 Å². The fourth-order valence-electron chi connectivity index (χ4n) is 3.42. The van der Waals surface area contributed by atoms with Crippen molar-refractivity contribution in [2.45, 2.75) is 24.3 Å². The molecule has 0 saturated carbocycles. The second kappa shape index (κ2) is 8.55. The minimum atomic E-state index is -3.99. The lowest BCUT2D eigenvalue weighted by atomic mass is 10.0. The van der Waals surface area contributed by atoms with Gasteiger partial charge < -0.3 is 10.0 Å². The number of amides is 3. The number of carbonyl (C=O) groups is 3. The Bertz CT molecular complexity index is 1160. The SMILES string of the molecule is CN1C(=O)N(CC(CS(=O)(=O)c2ccc(-c3ccc(Cl)cc3)cc2)C(=O)O)C(=O)C1(C)C. The smallest absolute Gasteiger partial charge is 0.327 e. The summed E-state index contributed by atoms with van der Waals surface area (Å²) in [5, 5.41) is 10.2. The average molecular weight is 479 g/mol. The van der Waals surface area contributed by atoms with Crippen LogP contribution in [-0.4, -0.2) is 66.1 Å². The first kappa shape index (κ1) is 23.7. The van der Waals surface area contributed by atoms with E-state index in [0.717, 1.165) is 16.0 Å². The summed E-state index contributed by atoms with van der Waals surface area (Å²) in [6, 6.07) is 12.4. The summed E-state index contributed by atoms with van der Waals surface area (Å²) in [6.07, 6.45) is 0. The molecule has 10 heteroatoms. The first-order valence-electron chi connectivity index (χ1n) is 9.76. The molecule has 0 aliphatic carbocycles. The quantitative estimate of drug-likeness (QED) is 0.612. The van der Waals surface area contributed by atoms with Crippen LogP contribution in [0.1, 0.15) is 13.8 Å². The van der Waals surface area contributed by atoms with Crippen molar-refractivity contribution >= 4 is 39.3 Å². The molecule has 1 unspecified atom stereocenters. The molecule has 1 aliphatic heterocycles. The standard InChI is InChI=1S/C22H23ClN2O6S/c1-22(2)20(28)25(21(29)24(22)3)12-16(19(26)27)13-32(30,31)18-10-6-15(7-11-18)14-4-8-17(23)9-5-14/h4-11,16H,12-13H2,1-3H3,(H,26,27). The molecule has 1 heterocycles. The molecular formula is C22H23ClN2O6S. The number of carbonyl (C=O) groups excluding carboxylic acids is 2. The number of benzene rings is 2. The second-order valence-corrected chi connectivity index (χ2v) is 10.6. The highest BCUT2D eigenvalue weighted by molar-refractivity contribution is 7.91. The van der Waals surface area contributed by atoms with Gasteiger partial charge >= 0.3 is 12.0 Å². The van der Waals surface area contributed by atoms with E-state index in [4.69, 9.17) is 11.6 Å². The zero-order valence-electron chi connectivity index (χ0n) is 17.8. The Hall–Kier alpha value is -2.91. The number of rotatable bonds is 7. The Morgan fingerprint density at radius 2 is 1.53 bits per heavy atom. The molecule has 0 radical (unpaired) electrons. The van der Waals surface area contributed by atoms with Crippen molar-refractivity contribution in [3.63, 3.8) is 0 Å². The largest absolute Gasteiger partial charge is 0.481 e. The van der Waals surface area contributed by atoms with Crippen molar-refractivity contribution in [3.05, 3.63) is 53.6 Å². The van der Waals surface area contributed by atoms with Gasteiger partial charge in [0, 0.05) is 18.6 Å². The fourth-order valence-corrected chi connectivity index (χ4v) is 5.07. The Morgan fingerprint density at radius 1 is 1.03 bits per heavy atom. The summed E-state index contributed by atoms with van der Waals surface area (Å²) < 4.78 is 25.8. The van der Waals surface area contributed by atoms with Crippen LogP contribution < -0.4 is 0 Å². The number of halogens is 1. The monoisotopic (exact) mass is 478 g/mol. The highest BCUT2D eigenvalue weighted by Crippen LogP contribution is 2.28. The van der Waals surface area contributed by atoms with Crippen LogP contribution in [0.3, 0.4) is 0 Å². The van der Waals surface area contributed by atoms with Crippen LogP contribution in [0.4, 0.5) is 4.79 Å². The van der Waals surface area contributed by atoms with Crippen LogP contribution in [0, 0.1) is 5.92 Å². The summed E-state index contributed by atoms with van der Waals surface area (Å²) in [7, 11) is -2.55. The third-order valence-electron chi connectivity index (χ3n) is 5.69. The van der Waals surface area contributed by atoms with Gasteiger partial charge in [-0.1, -0.05) is 35.9 Å². The van der Waals surface area contributed by atoms with Crippen molar-refractivity contribution in [2.24, 2.45) is 5.92 Å². The second-order valence-electron chi connectivity index (χ2n) is 8.16. The maximum atomic E-state index is 12.9. The van der Waals surface area contributed by atoms with E-state index in [1.54, 1.807) is 50.2 Å². The van der Waals surface area contributed by atoms with Gasteiger partial charge in [-0.25, -0.2) is 13.2 Å². The number of hydrogen-bond acceptors (Lipinski definition) is 5. The molecule has 8 nitrogen and oxygen atoms in total. The molecule has 0 spiro atoms. The maximum absolute atomic E-state index is 12.9. The summed E-state index contributed by atoms with van der Waals surface area (Å²) in [5.74, 6) is -4.18. The molecule has 1 atom stereocenters. The summed E-state index contributed by atoms with van der Waals surface area (Å²) >= 11 is 5.89. The van der Waals surface area contributed by atoms with Crippen LogP contribution in [0.2, 0.25) is 5.02 Å². The predicted molar refractivity (Wildman–Crippen MR) is 119 cm³/mol. The Morgan fingerprint density at radius 3 is 1.97 bits per heavy atom. The van der Waals surface area contributed by atoms with E-state index in [1.807, 2.05) is 0 Å². The molecule has 1 saturated heterocycles. The molecule has 170 valence electrons. The summed E-state index contributed by atoms with van der Waals surface area (Å²) in [4.78, 5) is 38.7. The molecule has 3 rings (SSSR count). The van der Waals surface area contributed by atoms with Gasteiger partial charge in [-0.3, -0.25) is 14.5 Å². The van der Waals surface area contributed by atoms with E-state index in [-0.39, 0.29) is 4.90 Å². The number of nitrogens with zero attached hydrogens (tertiary/aromatic N) is 2. The van der Waals surface area contributed by atoms with Crippen molar-refractivity contribution in [1.82, 2.24) is 9.80 Å². The van der Waals surface area contributed by atoms with E-state index >= 15 is 0 Å². The number of sulfone groups is 1. The van der Waals surface area contributed by atoms with Crippen LogP contribution >= 0.6 is 11.6 Å². The topological polar surface area (TPSA) is 112 Å². The molecule has 1 fully saturated rings. The lowest BCUT2D eigenvalue weighted by molar-refractivity contribution is -0.142. The molecule has 32 heavy (non-hydrogen) atoms. The molecule has 2 aromatic carbocycles. The number of carboxylic acids is 1. The lowest BCUT2D eigenvalue weighted by Crippen LogP contribution is -2.43. The van der Waals surface area contributed by atoms with Crippen LogP contribution in [0.5, 0.6) is 0 Å². The van der Waals surface area contributed by atoms with E-state index < -0.39 is 51.5 Å². The number of likely N-dealkylation sites (N-methyl/N-ethyl adjacent to an activating group) is 1. The predicted octanol–water partition coefficient (Wildman–Crippen LogP) is 3.15. The number of urea groups is 1. The number of hydrogen-bond donors (Lipinski definition) is 1. The first-order chi connectivity index (χ1) is 14.8. The van der Waals surface area contributed by atoms with E-state index in [0.29, 0.717) is 5.02 Å². The van der Waals surface area contributed by atoms with Crippen LogP contribution in [0.25, 0.3) is 11.1 Å². The van der Waals surface area contributed by atoms with Gasteiger partial charge in [0.1, 0.15) is 5.54 Å². The third kappa shape index (κ3) is 4.49. The minimum absolute atomic E-state index is 0.0435. The van der Waals surface area contributed by atoms with E-state index in [9.17, 15) is 27.9 Å². The zero-order valence-corrected chi connectivity index (χ0v) is 19.4. The highest BCUT2D eigenvalue weighted by atomic mass is 35.5. The van der Waals surface area contributed by atoms with E-state index in [2.05, 4.69) is 0 Å². The summed E-state index contributed by atoms with van der Waals surface area (Å²) in [6.45, 7) is 2.56.